The number of thioether (sulfide) groups is 1. The fraction of sp³-hybridized carbons (Fsp3) is 0.370. The number of allylic oxidation sites excluding steroid dienone is 5. The van der Waals surface area contributed by atoms with Crippen LogP contribution in [0.15, 0.2) is 144 Å². The van der Waals surface area contributed by atoms with Crippen LogP contribution in [0.5, 0.6) is 0 Å². The molecule has 2 aliphatic rings. The van der Waals surface area contributed by atoms with Crippen LogP contribution in [-0.4, -0.2) is 82.8 Å². The van der Waals surface area contributed by atoms with Gasteiger partial charge in [0.15, 0.2) is 19.3 Å². The number of quaternary nitrogens is 2. The second-order valence-electron chi connectivity index (χ2n) is 19.3. The van der Waals surface area contributed by atoms with Crippen molar-refractivity contribution in [3.63, 3.8) is 0 Å². The number of para-hydroxylation sites is 4. The smallest absolute Gasteiger partial charge is 0.262 e. The van der Waals surface area contributed by atoms with Crippen LogP contribution in [0.25, 0.3) is 27.2 Å². The summed E-state index contributed by atoms with van der Waals surface area (Å²) in [6.07, 6.45) is 18.1. The van der Waals surface area contributed by atoms with Gasteiger partial charge in [0.1, 0.15) is 4.70 Å². The van der Waals surface area contributed by atoms with E-state index >= 15 is 0 Å². The molecule has 2 aliphatic heterocycles. The Hall–Kier alpha value is -4.73. The number of likely N-dealkylation sites (N-methyl/N-ethyl adjacent to an activating group) is 2. The number of anilines is 2. The summed E-state index contributed by atoms with van der Waals surface area (Å²) in [6.45, 7) is 11.4. The first-order valence-electron chi connectivity index (χ1n) is 22.6. The van der Waals surface area contributed by atoms with E-state index in [4.69, 9.17) is 0 Å². The lowest BCUT2D eigenvalue weighted by Crippen LogP contribution is -2.47. The van der Waals surface area contributed by atoms with Crippen molar-refractivity contribution in [1.82, 2.24) is 0 Å². The number of aromatic nitrogens is 2. The molecule has 4 aromatic carbocycles. The van der Waals surface area contributed by atoms with E-state index in [1.165, 1.54) is 85.3 Å². The lowest BCUT2D eigenvalue weighted by Gasteiger charge is -2.33. The van der Waals surface area contributed by atoms with Crippen LogP contribution in [0.4, 0.5) is 11.4 Å². The molecular weight excluding hydrogens is 797 g/mol. The van der Waals surface area contributed by atoms with Crippen LogP contribution in [0.2, 0.25) is 0 Å². The molecule has 0 bridgehead atoms. The minimum atomic E-state index is -0.0139. The van der Waals surface area contributed by atoms with Gasteiger partial charge in [0, 0.05) is 78.3 Å². The van der Waals surface area contributed by atoms with Crippen molar-refractivity contribution in [2.45, 2.75) is 68.3 Å². The Morgan fingerprint density at radius 3 is 2.08 bits per heavy atom. The summed E-state index contributed by atoms with van der Waals surface area (Å²) in [6, 6.07) is 37.8. The molecule has 4 heterocycles. The van der Waals surface area contributed by atoms with Gasteiger partial charge >= 0.3 is 0 Å². The molecule has 0 aliphatic carbocycles. The van der Waals surface area contributed by atoms with Crippen molar-refractivity contribution in [2.24, 2.45) is 0 Å². The Kier molecular flexibility index (Phi) is 13.1. The van der Waals surface area contributed by atoms with Gasteiger partial charge in [0.2, 0.25) is 11.0 Å². The maximum absolute atomic E-state index is 2.54. The normalized spacial score (nSPS) is 17.1. The van der Waals surface area contributed by atoms with Gasteiger partial charge in [-0.3, -0.25) is 0 Å². The van der Waals surface area contributed by atoms with Crippen molar-refractivity contribution in [1.29, 1.82) is 0 Å². The van der Waals surface area contributed by atoms with E-state index in [-0.39, 0.29) is 5.41 Å². The molecular formula is C54H68N6S2+4. The molecule has 322 valence electrons. The van der Waals surface area contributed by atoms with E-state index in [1.54, 1.807) is 0 Å². The van der Waals surface area contributed by atoms with Crippen LogP contribution in [0, 0.1) is 0 Å². The van der Waals surface area contributed by atoms with E-state index in [9.17, 15) is 0 Å². The van der Waals surface area contributed by atoms with Crippen molar-refractivity contribution >= 4 is 61.7 Å². The molecule has 8 rings (SSSR count). The zero-order chi connectivity index (χ0) is 43.5. The van der Waals surface area contributed by atoms with Gasteiger partial charge in [-0.25, -0.2) is 0 Å². The van der Waals surface area contributed by atoms with Gasteiger partial charge in [-0.05, 0) is 47.5 Å². The maximum Gasteiger partial charge on any atom is 0.262 e. The van der Waals surface area contributed by atoms with Crippen molar-refractivity contribution in [3.8, 4) is 0 Å². The van der Waals surface area contributed by atoms with Gasteiger partial charge in [0.05, 0.1) is 78.3 Å². The summed E-state index contributed by atoms with van der Waals surface area (Å²) in [7, 11) is 14.1. The lowest BCUT2D eigenvalue weighted by molar-refractivity contribution is -0.911. The van der Waals surface area contributed by atoms with Crippen LogP contribution in [0.1, 0.15) is 49.2 Å². The van der Waals surface area contributed by atoms with E-state index in [1.807, 2.05) is 23.1 Å². The van der Waals surface area contributed by atoms with Gasteiger partial charge in [-0.2, -0.15) is 9.13 Å². The number of fused-ring (bicyclic) bond motifs is 4. The molecule has 62 heavy (non-hydrogen) atoms. The predicted octanol–water partition coefficient (Wildman–Crippen LogP) is 10.6. The number of aryl methyl sites for hydroxylation is 2. The number of thiazole rings is 1. The van der Waals surface area contributed by atoms with Crippen LogP contribution >= 0.6 is 23.1 Å². The number of rotatable bonds is 17. The van der Waals surface area contributed by atoms with E-state index in [0.29, 0.717) is 5.37 Å². The Morgan fingerprint density at radius 1 is 0.677 bits per heavy atom. The summed E-state index contributed by atoms with van der Waals surface area (Å²) in [5, 5.41) is 3.11. The average Bonchev–Trinajstić information content (AvgIpc) is 3.83. The van der Waals surface area contributed by atoms with E-state index in [2.05, 4.69) is 215 Å². The molecule has 8 heteroatoms. The highest BCUT2D eigenvalue weighted by Gasteiger charge is 2.37. The third-order valence-electron chi connectivity index (χ3n) is 13.5. The second-order valence-corrected chi connectivity index (χ2v) is 21.6. The van der Waals surface area contributed by atoms with E-state index < -0.39 is 0 Å². The molecule has 1 unspecified atom stereocenters. The van der Waals surface area contributed by atoms with Gasteiger partial charge in [-0.15, -0.1) is 0 Å². The fourth-order valence-electron chi connectivity index (χ4n) is 9.85. The molecule has 0 radical (unpaired) electrons. The first-order chi connectivity index (χ1) is 29.8. The molecule has 6 aromatic rings. The average molecular weight is 865 g/mol. The number of pyridine rings is 1. The minimum Gasteiger partial charge on any atom is -0.361 e. The molecule has 0 N–H and O–H groups in total. The molecule has 0 saturated carbocycles. The Bertz CT molecular complexity index is 2610. The number of benzene rings is 4. The van der Waals surface area contributed by atoms with Crippen molar-refractivity contribution in [3.05, 3.63) is 155 Å². The third kappa shape index (κ3) is 9.59. The minimum absolute atomic E-state index is 0.0139. The Labute approximate surface area is 379 Å². The molecule has 0 fully saturated rings. The molecule has 6 nitrogen and oxygen atoms in total. The van der Waals surface area contributed by atoms with E-state index in [0.717, 1.165) is 47.9 Å². The predicted molar refractivity (Wildman–Crippen MR) is 266 cm³/mol. The van der Waals surface area contributed by atoms with Crippen molar-refractivity contribution < 1.29 is 18.1 Å². The third-order valence-corrected chi connectivity index (χ3v) is 16.0. The highest BCUT2D eigenvalue weighted by molar-refractivity contribution is 8.00. The highest BCUT2D eigenvalue weighted by Crippen LogP contribution is 2.47. The highest BCUT2D eigenvalue weighted by atomic mass is 32.2. The van der Waals surface area contributed by atoms with Crippen LogP contribution < -0.4 is 18.9 Å². The van der Waals surface area contributed by atoms with Crippen LogP contribution in [0.3, 0.4) is 0 Å². The molecule has 0 saturated heterocycles. The van der Waals surface area contributed by atoms with Gasteiger partial charge in [-0.1, -0.05) is 110 Å². The summed E-state index contributed by atoms with van der Waals surface area (Å²) < 4.78 is 8.48. The maximum atomic E-state index is 2.54. The second kappa shape index (κ2) is 18.5. The standard InChI is InChI=1S/C54H68N6S2/c1-54(2)44-24-13-15-26-46(44)55(3)51(54)31-10-9-11-32-52-58(48-28-17-19-30-50(48)61-52)35-21-38-60(7,8)40-22-39-59(5,6)37-20-34-57-36-33-42(43-23-12-14-25-45(43)57)41-53-56(4)47-27-16-18-29-49(47)62-53/h9-19,23-33,36,53H,20-22,34-35,37-41H2,1-8H3/q+4. The van der Waals surface area contributed by atoms with Gasteiger partial charge < -0.3 is 18.8 Å². The largest absolute Gasteiger partial charge is 0.361 e. The summed E-state index contributed by atoms with van der Waals surface area (Å²) >= 11 is 3.88. The summed E-state index contributed by atoms with van der Waals surface area (Å²) in [5.41, 5.74) is 9.47. The molecule has 0 spiro atoms. The monoisotopic (exact) mass is 864 g/mol. The molecule has 1 atom stereocenters. The number of hydrogen-bond donors (Lipinski definition) is 0. The first-order valence-corrected chi connectivity index (χ1v) is 24.3. The zero-order valence-corrected chi connectivity index (χ0v) is 40.1. The first kappa shape index (κ1) is 43.9. The Morgan fingerprint density at radius 2 is 1.32 bits per heavy atom. The molecule has 0 amide bonds. The molecule has 2 aromatic heterocycles. The number of hydrogen-bond acceptors (Lipinski definition) is 4. The van der Waals surface area contributed by atoms with Crippen LogP contribution in [-0.2, 0) is 24.9 Å². The fourth-order valence-corrected chi connectivity index (χ4v) is 12.3. The van der Waals surface area contributed by atoms with Crippen molar-refractivity contribution in [2.75, 3.05) is 78.3 Å². The quantitative estimate of drug-likeness (QED) is 0.0516. The van der Waals surface area contributed by atoms with Gasteiger partial charge in [0.25, 0.3) is 5.01 Å². The number of nitrogens with zero attached hydrogens (tertiary/aromatic N) is 6. The zero-order valence-electron chi connectivity index (χ0n) is 38.4. The topological polar surface area (TPSA) is 14.2 Å². The summed E-state index contributed by atoms with van der Waals surface area (Å²) in [5.74, 6) is 0. The Balaban J connectivity index is 0.813. The summed E-state index contributed by atoms with van der Waals surface area (Å²) in [4.78, 5) is 6.17. The lowest BCUT2D eigenvalue weighted by atomic mass is 9.84. The SMILES string of the molecule is CN1C(=CC=CC=Cc2sc3ccccc3[n+]2CCC[N+](C)(C)CCC[N+](C)(C)CCC[n+]2ccc(CC3Sc4ccccc4N3C)c3ccccc32)C(C)(C)c2ccccc21.